The van der Waals surface area contributed by atoms with Crippen LogP contribution in [0.2, 0.25) is 5.02 Å². The molecule has 19 heavy (non-hydrogen) atoms. The summed E-state index contributed by atoms with van der Waals surface area (Å²) in [5, 5.41) is 0.456. The monoisotopic (exact) mass is 324 g/mol. The fourth-order valence-corrected chi connectivity index (χ4v) is 4.99. The molecule has 0 aliphatic carbocycles. The van der Waals surface area contributed by atoms with Gasteiger partial charge in [-0.25, -0.2) is 13.1 Å². The molecule has 0 saturated heterocycles. The lowest BCUT2D eigenvalue weighted by Gasteiger charge is -2.19. The third-order valence-corrected chi connectivity index (χ3v) is 5.87. The minimum Gasteiger partial charge on any atom is -0.325 e. The summed E-state index contributed by atoms with van der Waals surface area (Å²) in [6, 6.07) is 1.49. The van der Waals surface area contributed by atoms with Gasteiger partial charge < -0.3 is 5.73 Å². The van der Waals surface area contributed by atoms with Gasteiger partial charge in [-0.1, -0.05) is 11.6 Å². The van der Waals surface area contributed by atoms with E-state index in [0.29, 0.717) is 11.4 Å². The van der Waals surface area contributed by atoms with E-state index in [0.717, 1.165) is 4.88 Å². The van der Waals surface area contributed by atoms with Crippen LogP contribution in [0.3, 0.4) is 0 Å². The zero-order valence-corrected chi connectivity index (χ0v) is 14.3. The molecule has 0 fully saturated rings. The zero-order valence-electron chi connectivity index (χ0n) is 11.9. The van der Waals surface area contributed by atoms with Crippen molar-refractivity contribution in [2.45, 2.75) is 56.3 Å². The van der Waals surface area contributed by atoms with Crippen LogP contribution in [0.5, 0.6) is 0 Å². The standard InChI is InChI=1S/C12H21ClN2O2S2/c1-11(2,3)15-19(16,17)10-6-8(13)9(18-10)7-12(4,5)14/h6,15H,7,14H2,1-5H3. The lowest BCUT2D eigenvalue weighted by atomic mass is 10.0. The second-order valence-corrected chi connectivity index (χ2v) is 9.81. The quantitative estimate of drug-likeness (QED) is 0.894. The van der Waals surface area contributed by atoms with E-state index in [2.05, 4.69) is 4.72 Å². The molecule has 0 aliphatic rings. The number of hydrogen-bond acceptors (Lipinski definition) is 4. The Morgan fingerprint density at radius 2 is 1.84 bits per heavy atom. The Kier molecular flexibility index (Phi) is 4.75. The minimum absolute atomic E-state index is 0.228. The lowest BCUT2D eigenvalue weighted by Crippen LogP contribution is -2.40. The molecule has 0 amide bonds. The highest BCUT2D eigenvalue weighted by molar-refractivity contribution is 7.91. The molecule has 0 spiro atoms. The van der Waals surface area contributed by atoms with E-state index in [-0.39, 0.29) is 4.21 Å². The molecule has 0 saturated carbocycles. The van der Waals surface area contributed by atoms with Gasteiger partial charge in [-0.2, -0.15) is 0 Å². The van der Waals surface area contributed by atoms with E-state index >= 15 is 0 Å². The summed E-state index contributed by atoms with van der Waals surface area (Å²) in [7, 11) is -3.53. The number of thiophene rings is 1. The minimum atomic E-state index is -3.53. The molecule has 3 N–H and O–H groups in total. The van der Waals surface area contributed by atoms with E-state index in [1.165, 1.54) is 17.4 Å². The highest BCUT2D eigenvalue weighted by Crippen LogP contribution is 2.32. The van der Waals surface area contributed by atoms with Crippen LogP contribution in [0.1, 0.15) is 39.5 Å². The van der Waals surface area contributed by atoms with Gasteiger partial charge in [0.05, 0.1) is 5.02 Å². The molecule has 0 bridgehead atoms. The molecule has 0 aromatic carbocycles. The Bertz CT molecular complexity index is 551. The number of sulfonamides is 1. The molecule has 4 nitrogen and oxygen atoms in total. The average Bonchev–Trinajstić information content (AvgIpc) is 2.41. The van der Waals surface area contributed by atoms with Crippen molar-refractivity contribution in [1.82, 2.24) is 4.72 Å². The van der Waals surface area contributed by atoms with Crippen molar-refractivity contribution < 1.29 is 8.42 Å². The van der Waals surface area contributed by atoms with Crippen molar-refractivity contribution in [1.29, 1.82) is 0 Å². The fraction of sp³-hybridized carbons (Fsp3) is 0.667. The smallest absolute Gasteiger partial charge is 0.250 e. The third-order valence-electron chi connectivity index (χ3n) is 2.06. The third kappa shape index (κ3) is 5.39. The maximum atomic E-state index is 12.2. The van der Waals surface area contributed by atoms with Crippen molar-refractivity contribution in [2.24, 2.45) is 5.73 Å². The summed E-state index contributed by atoms with van der Waals surface area (Å²) < 4.78 is 27.2. The van der Waals surface area contributed by atoms with Crippen LogP contribution in [0.4, 0.5) is 0 Å². The van der Waals surface area contributed by atoms with Crippen LogP contribution in [0, 0.1) is 0 Å². The molecule has 0 atom stereocenters. The Morgan fingerprint density at radius 3 is 2.26 bits per heavy atom. The summed E-state index contributed by atoms with van der Waals surface area (Å²) in [5.74, 6) is 0. The normalized spacial score (nSPS) is 13.8. The topological polar surface area (TPSA) is 72.2 Å². The van der Waals surface area contributed by atoms with Crippen LogP contribution in [0.25, 0.3) is 0 Å². The lowest BCUT2D eigenvalue weighted by molar-refractivity contribution is 0.492. The Labute approximate surface area is 124 Å². The van der Waals surface area contributed by atoms with E-state index in [1.54, 1.807) is 20.8 Å². The summed E-state index contributed by atoms with van der Waals surface area (Å²) in [5.41, 5.74) is 4.99. The van der Waals surface area contributed by atoms with Crippen LogP contribution in [-0.2, 0) is 16.4 Å². The van der Waals surface area contributed by atoms with Gasteiger partial charge in [-0.15, -0.1) is 11.3 Å². The molecular formula is C12H21ClN2O2S2. The van der Waals surface area contributed by atoms with Crippen molar-refractivity contribution >= 4 is 33.0 Å². The molecule has 1 rings (SSSR count). The molecule has 7 heteroatoms. The van der Waals surface area contributed by atoms with Crippen LogP contribution in [0.15, 0.2) is 10.3 Å². The number of rotatable bonds is 4. The van der Waals surface area contributed by atoms with Gasteiger partial charge in [0.1, 0.15) is 4.21 Å². The molecule has 1 heterocycles. The predicted molar refractivity (Wildman–Crippen MR) is 81.4 cm³/mol. The van der Waals surface area contributed by atoms with Crippen molar-refractivity contribution in [3.8, 4) is 0 Å². The van der Waals surface area contributed by atoms with Gasteiger partial charge in [0.2, 0.25) is 0 Å². The summed E-state index contributed by atoms with van der Waals surface area (Å²) in [6.07, 6.45) is 0.543. The molecule has 1 aromatic heterocycles. The maximum Gasteiger partial charge on any atom is 0.250 e. The Morgan fingerprint density at radius 1 is 1.32 bits per heavy atom. The summed E-state index contributed by atoms with van der Waals surface area (Å²) >= 11 is 7.26. The van der Waals surface area contributed by atoms with E-state index < -0.39 is 21.1 Å². The van der Waals surface area contributed by atoms with Crippen molar-refractivity contribution in [2.75, 3.05) is 0 Å². The predicted octanol–water partition coefficient (Wildman–Crippen LogP) is 2.76. The van der Waals surface area contributed by atoms with Gasteiger partial charge in [0, 0.05) is 22.4 Å². The highest BCUT2D eigenvalue weighted by Gasteiger charge is 2.26. The van der Waals surface area contributed by atoms with Crippen LogP contribution in [-0.4, -0.2) is 19.5 Å². The molecule has 0 unspecified atom stereocenters. The fourth-order valence-electron chi connectivity index (χ4n) is 1.50. The second-order valence-electron chi connectivity index (χ2n) is 6.36. The van der Waals surface area contributed by atoms with Crippen LogP contribution < -0.4 is 10.5 Å². The average molecular weight is 325 g/mol. The van der Waals surface area contributed by atoms with Gasteiger partial charge in [0.25, 0.3) is 10.0 Å². The van der Waals surface area contributed by atoms with E-state index in [4.69, 9.17) is 17.3 Å². The number of hydrogen-bond donors (Lipinski definition) is 2. The van der Waals surface area contributed by atoms with Gasteiger partial charge >= 0.3 is 0 Å². The van der Waals surface area contributed by atoms with Gasteiger partial charge in [-0.05, 0) is 40.7 Å². The first-order chi connectivity index (χ1) is 8.30. The number of nitrogens with one attached hydrogen (secondary N) is 1. The number of nitrogens with two attached hydrogens (primary N) is 1. The van der Waals surface area contributed by atoms with Gasteiger partial charge in [-0.3, -0.25) is 0 Å². The first-order valence-corrected chi connectivity index (χ1v) is 8.59. The molecule has 0 aliphatic heterocycles. The van der Waals surface area contributed by atoms with E-state index in [9.17, 15) is 8.42 Å². The largest absolute Gasteiger partial charge is 0.325 e. The summed E-state index contributed by atoms with van der Waals surface area (Å²) in [4.78, 5) is 0.795. The van der Waals surface area contributed by atoms with Gasteiger partial charge in [0.15, 0.2) is 0 Å². The first kappa shape index (κ1) is 16.9. The SMILES string of the molecule is CC(C)(N)Cc1sc(S(=O)(=O)NC(C)(C)C)cc1Cl. The molecular weight excluding hydrogens is 304 g/mol. The number of halogens is 1. The molecule has 110 valence electrons. The van der Waals surface area contributed by atoms with Crippen molar-refractivity contribution in [3.63, 3.8) is 0 Å². The zero-order chi connectivity index (χ0) is 15.1. The van der Waals surface area contributed by atoms with E-state index in [1.807, 2.05) is 13.8 Å². The van der Waals surface area contributed by atoms with Crippen LogP contribution >= 0.6 is 22.9 Å². The summed E-state index contributed by atoms with van der Waals surface area (Å²) in [6.45, 7) is 9.15. The molecule has 0 radical (unpaired) electrons. The Hall–Kier alpha value is -0.140. The Balaban J connectivity index is 3.08. The van der Waals surface area contributed by atoms with Crippen molar-refractivity contribution in [3.05, 3.63) is 16.0 Å². The maximum absolute atomic E-state index is 12.2. The highest BCUT2D eigenvalue weighted by atomic mass is 35.5. The molecule has 1 aromatic rings. The second kappa shape index (κ2) is 5.33. The first-order valence-electron chi connectivity index (χ1n) is 5.91.